The Morgan fingerprint density at radius 3 is 2.57 bits per heavy atom. The molecule has 1 fully saturated rings. The molecule has 0 spiro atoms. The number of hydrogen-bond donors (Lipinski definition) is 1. The molecule has 0 radical (unpaired) electrons. The molecule has 2 unspecified atom stereocenters. The molecule has 0 aliphatic carbocycles. The van der Waals surface area contributed by atoms with E-state index in [-0.39, 0.29) is 17.9 Å². The minimum atomic E-state index is -0.258. The average Bonchev–Trinajstić information content (AvgIpc) is 2.51. The van der Waals surface area contributed by atoms with E-state index in [2.05, 4.69) is 34.0 Å². The van der Waals surface area contributed by atoms with Crippen LogP contribution in [0.3, 0.4) is 0 Å². The van der Waals surface area contributed by atoms with E-state index in [1.165, 1.54) is 6.20 Å². The van der Waals surface area contributed by atoms with Crippen molar-refractivity contribution in [2.45, 2.75) is 32.0 Å². The maximum atomic E-state index is 14.0. The maximum Gasteiger partial charge on any atom is 0.146 e. The van der Waals surface area contributed by atoms with Gasteiger partial charge in [-0.3, -0.25) is 9.97 Å². The normalized spacial score (nSPS) is 25.9. The number of halogens is 1. The van der Waals surface area contributed by atoms with Gasteiger partial charge in [0.2, 0.25) is 0 Å². The molecule has 0 saturated carbocycles. The van der Waals surface area contributed by atoms with Gasteiger partial charge < -0.3 is 10.2 Å². The molecule has 1 saturated heterocycles. The molecule has 0 bridgehead atoms. The van der Waals surface area contributed by atoms with Crippen molar-refractivity contribution >= 4 is 5.69 Å². The summed E-state index contributed by atoms with van der Waals surface area (Å²) in [5, 5.41) is 3.50. The van der Waals surface area contributed by atoms with Crippen LogP contribution in [0.25, 0.3) is 0 Å². The number of hydrogen-bond acceptors (Lipinski definition) is 4. The molecule has 4 nitrogen and oxygen atoms in total. The molecular formula is C16H19FN4. The summed E-state index contributed by atoms with van der Waals surface area (Å²) in [4.78, 5) is 10.2. The lowest BCUT2D eigenvalue weighted by Gasteiger charge is -2.44. The van der Waals surface area contributed by atoms with Crippen LogP contribution in [0.2, 0.25) is 0 Å². The van der Waals surface area contributed by atoms with Crippen molar-refractivity contribution in [1.82, 2.24) is 15.3 Å². The topological polar surface area (TPSA) is 41.1 Å². The molecule has 1 N–H and O–H groups in total. The predicted octanol–water partition coefficient (Wildman–Crippen LogP) is 2.54. The van der Waals surface area contributed by atoms with Crippen molar-refractivity contribution in [3.63, 3.8) is 0 Å². The molecule has 0 aromatic carbocycles. The summed E-state index contributed by atoms with van der Waals surface area (Å²) in [6.07, 6.45) is 6.49. The number of rotatable bonds is 2. The summed E-state index contributed by atoms with van der Waals surface area (Å²) in [5.74, 6) is -0.258. The highest BCUT2D eigenvalue weighted by atomic mass is 19.1. The first-order valence-electron chi connectivity index (χ1n) is 7.19. The van der Waals surface area contributed by atoms with Gasteiger partial charge in [0.05, 0.1) is 12.2 Å². The van der Waals surface area contributed by atoms with Gasteiger partial charge in [0, 0.05) is 48.5 Å². The third-order valence-electron chi connectivity index (χ3n) is 4.23. The minimum Gasteiger partial charge on any atom is -0.365 e. The minimum absolute atomic E-state index is 0.0487. The van der Waals surface area contributed by atoms with Gasteiger partial charge in [0.15, 0.2) is 0 Å². The second-order valence-corrected chi connectivity index (χ2v) is 5.50. The zero-order valence-corrected chi connectivity index (χ0v) is 12.2. The van der Waals surface area contributed by atoms with Gasteiger partial charge >= 0.3 is 0 Å². The van der Waals surface area contributed by atoms with Gasteiger partial charge in [-0.15, -0.1) is 0 Å². The molecule has 5 heteroatoms. The summed E-state index contributed by atoms with van der Waals surface area (Å²) in [5.41, 5.74) is 1.79. The van der Waals surface area contributed by atoms with E-state index < -0.39 is 0 Å². The maximum absolute atomic E-state index is 14.0. The lowest BCUT2D eigenvalue weighted by molar-refractivity contribution is 0.331. The Hall–Kier alpha value is -2.01. The lowest BCUT2D eigenvalue weighted by atomic mass is 9.97. The molecule has 0 amide bonds. The van der Waals surface area contributed by atoms with Crippen molar-refractivity contribution in [3.8, 4) is 0 Å². The predicted molar refractivity (Wildman–Crippen MR) is 80.6 cm³/mol. The summed E-state index contributed by atoms with van der Waals surface area (Å²) in [6.45, 7) is 5.03. The van der Waals surface area contributed by atoms with Crippen molar-refractivity contribution in [2.75, 3.05) is 11.4 Å². The second kappa shape index (κ2) is 5.77. The van der Waals surface area contributed by atoms with Crippen LogP contribution < -0.4 is 10.2 Å². The Morgan fingerprint density at radius 1 is 1.14 bits per heavy atom. The monoisotopic (exact) mass is 286 g/mol. The van der Waals surface area contributed by atoms with Gasteiger partial charge in [-0.2, -0.15) is 0 Å². The van der Waals surface area contributed by atoms with Gasteiger partial charge in [-0.05, 0) is 32.0 Å². The SMILES string of the molecule is CC1[C@@H](C)NC(c2ccncc2F)CN1c1ccncc1. The van der Waals surface area contributed by atoms with Crippen LogP contribution in [0.4, 0.5) is 10.1 Å². The van der Waals surface area contributed by atoms with E-state index in [0.29, 0.717) is 11.6 Å². The van der Waals surface area contributed by atoms with Crippen molar-refractivity contribution in [3.05, 3.63) is 54.4 Å². The van der Waals surface area contributed by atoms with E-state index >= 15 is 0 Å². The molecule has 110 valence electrons. The van der Waals surface area contributed by atoms with E-state index in [4.69, 9.17) is 0 Å². The molecule has 1 aliphatic heterocycles. The molecule has 3 atom stereocenters. The first-order valence-corrected chi connectivity index (χ1v) is 7.19. The zero-order valence-electron chi connectivity index (χ0n) is 12.2. The highest BCUT2D eigenvalue weighted by molar-refractivity contribution is 5.47. The fourth-order valence-electron chi connectivity index (χ4n) is 2.87. The van der Waals surface area contributed by atoms with Gasteiger partial charge in [-0.1, -0.05) is 0 Å². The fraction of sp³-hybridized carbons (Fsp3) is 0.375. The van der Waals surface area contributed by atoms with E-state index in [1.807, 2.05) is 12.1 Å². The molecule has 2 aromatic rings. The number of nitrogens with zero attached hydrogens (tertiary/aromatic N) is 3. The molecule has 3 heterocycles. The third-order valence-corrected chi connectivity index (χ3v) is 4.23. The van der Waals surface area contributed by atoms with Crippen molar-refractivity contribution in [2.24, 2.45) is 0 Å². The number of anilines is 1. The van der Waals surface area contributed by atoms with Crippen molar-refractivity contribution in [1.29, 1.82) is 0 Å². The van der Waals surface area contributed by atoms with E-state index in [9.17, 15) is 4.39 Å². The first-order chi connectivity index (χ1) is 10.2. The highest BCUT2D eigenvalue weighted by Crippen LogP contribution is 2.28. The Bertz CT molecular complexity index is 604. The molecule has 1 aliphatic rings. The third kappa shape index (κ3) is 2.74. The quantitative estimate of drug-likeness (QED) is 0.921. The van der Waals surface area contributed by atoms with Crippen LogP contribution in [-0.4, -0.2) is 28.6 Å². The van der Waals surface area contributed by atoms with Crippen LogP contribution in [0, 0.1) is 5.82 Å². The van der Waals surface area contributed by atoms with Gasteiger partial charge in [0.1, 0.15) is 5.82 Å². The van der Waals surface area contributed by atoms with Gasteiger partial charge in [0.25, 0.3) is 0 Å². The second-order valence-electron chi connectivity index (χ2n) is 5.50. The van der Waals surface area contributed by atoms with Crippen LogP contribution in [0.15, 0.2) is 43.0 Å². The zero-order chi connectivity index (χ0) is 14.8. The summed E-state index contributed by atoms with van der Waals surface area (Å²) >= 11 is 0. The van der Waals surface area contributed by atoms with E-state index in [0.717, 1.165) is 12.2 Å². The average molecular weight is 286 g/mol. The van der Waals surface area contributed by atoms with Crippen LogP contribution in [0.1, 0.15) is 25.5 Å². The Kier molecular flexibility index (Phi) is 3.84. The Labute approximate surface area is 124 Å². The van der Waals surface area contributed by atoms with E-state index in [1.54, 1.807) is 24.7 Å². The lowest BCUT2D eigenvalue weighted by Crippen LogP contribution is -2.57. The highest BCUT2D eigenvalue weighted by Gasteiger charge is 2.32. The van der Waals surface area contributed by atoms with Crippen LogP contribution >= 0.6 is 0 Å². The molecular weight excluding hydrogens is 267 g/mol. The van der Waals surface area contributed by atoms with Crippen LogP contribution in [0.5, 0.6) is 0 Å². The summed E-state index contributed by atoms with van der Waals surface area (Å²) in [6, 6.07) is 6.27. The number of nitrogens with one attached hydrogen (secondary N) is 1. The fourth-order valence-corrected chi connectivity index (χ4v) is 2.87. The standard InChI is InChI=1S/C16H19FN4/c1-11-12(2)21(13-3-6-18-7-4-13)10-16(20-11)14-5-8-19-9-15(14)17/h3-9,11-12,16,20H,10H2,1-2H3/t11-,12?,16?/m1/s1. The molecule has 2 aromatic heterocycles. The molecule has 21 heavy (non-hydrogen) atoms. The van der Waals surface area contributed by atoms with Crippen molar-refractivity contribution < 1.29 is 4.39 Å². The Morgan fingerprint density at radius 2 is 1.86 bits per heavy atom. The van der Waals surface area contributed by atoms with Crippen LogP contribution in [-0.2, 0) is 0 Å². The number of aromatic nitrogens is 2. The number of piperazine rings is 1. The molecule has 3 rings (SSSR count). The smallest absolute Gasteiger partial charge is 0.146 e. The Balaban J connectivity index is 1.91. The number of pyridine rings is 2. The first kappa shape index (κ1) is 13.9. The largest absolute Gasteiger partial charge is 0.365 e. The summed E-state index contributed by atoms with van der Waals surface area (Å²) < 4.78 is 14.0. The summed E-state index contributed by atoms with van der Waals surface area (Å²) in [7, 11) is 0. The van der Waals surface area contributed by atoms with Gasteiger partial charge in [-0.25, -0.2) is 4.39 Å².